The van der Waals surface area contributed by atoms with Crippen LogP contribution in [0.4, 0.5) is 21.5 Å². The topological polar surface area (TPSA) is 148 Å². The molecule has 2 aromatic rings. The Hall–Kier alpha value is -4.07. The molecule has 0 heterocycles. The van der Waals surface area contributed by atoms with E-state index in [4.69, 9.17) is 10.00 Å². The summed E-state index contributed by atoms with van der Waals surface area (Å²) < 4.78 is 18.2. The fourth-order valence-electron chi connectivity index (χ4n) is 1.93. The second-order valence-corrected chi connectivity index (χ2v) is 4.80. The van der Waals surface area contributed by atoms with Crippen LogP contribution < -0.4 is 10.1 Å². The minimum atomic E-state index is -0.797. The second kappa shape index (κ2) is 7.67. The lowest BCUT2D eigenvalue weighted by Crippen LogP contribution is -2.21. The first-order chi connectivity index (χ1) is 12.3. The van der Waals surface area contributed by atoms with Crippen molar-refractivity contribution in [1.82, 2.24) is 0 Å². The Morgan fingerprint density at radius 3 is 2.54 bits per heavy atom. The SMILES string of the molecule is N#Cc1cc([N+](=O)[O-])ccc1NC(=O)COc1cc(F)ccc1[N+](=O)[O-]. The zero-order valence-corrected chi connectivity index (χ0v) is 12.8. The van der Waals surface area contributed by atoms with Gasteiger partial charge in [-0.05, 0) is 12.1 Å². The van der Waals surface area contributed by atoms with E-state index in [-0.39, 0.29) is 16.9 Å². The molecule has 0 spiro atoms. The summed E-state index contributed by atoms with van der Waals surface area (Å²) in [4.78, 5) is 31.9. The third-order valence-corrected chi connectivity index (χ3v) is 3.09. The lowest BCUT2D eigenvalue weighted by atomic mass is 10.1. The number of amides is 1. The van der Waals surface area contributed by atoms with E-state index in [1.165, 1.54) is 6.07 Å². The first-order valence-corrected chi connectivity index (χ1v) is 6.87. The van der Waals surface area contributed by atoms with Crippen LogP contribution in [0.1, 0.15) is 5.56 Å². The van der Waals surface area contributed by atoms with Crippen molar-refractivity contribution in [3.05, 3.63) is 68.0 Å². The van der Waals surface area contributed by atoms with Crippen molar-refractivity contribution in [2.24, 2.45) is 0 Å². The Kier molecular flexibility index (Phi) is 5.39. The number of nitro benzene ring substituents is 2. The quantitative estimate of drug-likeness (QED) is 0.614. The highest BCUT2D eigenvalue weighted by molar-refractivity contribution is 5.93. The van der Waals surface area contributed by atoms with E-state index in [2.05, 4.69) is 5.32 Å². The molecule has 2 aromatic carbocycles. The van der Waals surface area contributed by atoms with Gasteiger partial charge in [0.05, 0.1) is 21.1 Å². The summed E-state index contributed by atoms with van der Waals surface area (Å²) in [5.41, 5.74) is -0.997. The Balaban J connectivity index is 2.11. The van der Waals surface area contributed by atoms with Crippen LogP contribution in [0, 0.1) is 37.4 Å². The van der Waals surface area contributed by atoms with Gasteiger partial charge in [-0.15, -0.1) is 0 Å². The third-order valence-electron chi connectivity index (χ3n) is 3.09. The lowest BCUT2D eigenvalue weighted by molar-refractivity contribution is -0.385. The number of hydrogen-bond acceptors (Lipinski definition) is 7. The number of ether oxygens (including phenoxy) is 1. The number of nitrogens with one attached hydrogen (secondary N) is 1. The molecule has 0 aliphatic rings. The summed E-state index contributed by atoms with van der Waals surface area (Å²) in [7, 11) is 0. The van der Waals surface area contributed by atoms with Crippen LogP contribution in [-0.4, -0.2) is 22.4 Å². The number of hydrogen-bond donors (Lipinski definition) is 1. The number of benzene rings is 2. The molecule has 0 aliphatic carbocycles. The maximum atomic E-state index is 13.2. The van der Waals surface area contributed by atoms with Gasteiger partial charge in [0.25, 0.3) is 11.6 Å². The summed E-state index contributed by atoms with van der Waals surface area (Å²) in [6, 6.07) is 7.47. The highest BCUT2D eigenvalue weighted by Crippen LogP contribution is 2.27. The van der Waals surface area contributed by atoms with Gasteiger partial charge in [-0.2, -0.15) is 5.26 Å². The summed E-state index contributed by atoms with van der Waals surface area (Å²) in [6.45, 7) is -0.702. The molecule has 132 valence electrons. The monoisotopic (exact) mass is 360 g/mol. The second-order valence-electron chi connectivity index (χ2n) is 4.80. The summed E-state index contributed by atoms with van der Waals surface area (Å²) >= 11 is 0. The van der Waals surface area contributed by atoms with Crippen LogP contribution in [0.15, 0.2) is 36.4 Å². The molecule has 26 heavy (non-hydrogen) atoms. The molecular weight excluding hydrogens is 351 g/mol. The smallest absolute Gasteiger partial charge is 0.311 e. The number of nitriles is 1. The number of nitro groups is 2. The normalized spacial score (nSPS) is 9.85. The Morgan fingerprint density at radius 2 is 1.92 bits per heavy atom. The fraction of sp³-hybridized carbons (Fsp3) is 0.0667. The molecule has 0 saturated carbocycles. The highest BCUT2D eigenvalue weighted by atomic mass is 19.1. The van der Waals surface area contributed by atoms with E-state index >= 15 is 0 Å². The number of carbonyl (C=O) groups excluding carboxylic acids is 1. The standard InChI is InChI=1S/C15H9FN4O6/c16-10-1-4-13(20(24)25)14(6-10)26-8-15(21)18-12-3-2-11(19(22)23)5-9(12)7-17/h1-6H,8H2,(H,18,21). The molecule has 11 heteroatoms. The average molecular weight is 360 g/mol. The van der Waals surface area contributed by atoms with Crippen molar-refractivity contribution in [3.8, 4) is 11.8 Å². The maximum Gasteiger partial charge on any atom is 0.311 e. The first-order valence-electron chi connectivity index (χ1n) is 6.87. The van der Waals surface area contributed by atoms with Gasteiger partial charge in [0.1, 0.15) is 11.9 Å². The molecule has 0 aromatic heterocycles. The zero-order valence-electron chi connectivity index (χ0n) is 12.8. The lowest BCUT2D eigenvalue weighted by Gasteiger charge is -2.09. The molecule has 1 amide bonds. The van der Waals surface area contributed by atoms with E-state index in [0.717, 1.165) is 30.3 Å². The number of carbonyl (C=O) groups is 1. The average Bonchev–Trinajstić information content (AvgIpc) is 2.59. The minimum Gasteiger partial charge on any atom is -0.477 e. The Morgan fingerprint density at radius 1 is 1.19 bits per heavy atom. The number of non-ortho nitro benzene ring substituents is 1. The predicted octanol–water partition coefficient (Wildman–Crippen LogP) is 2.53. The van der Waals surface area contributed by atoms with Crippen molar-refractivity contribution >= 4 is 23.0 Å². The molecule has 0 aliphatic heterocycles. The van der Waals surface area contributed by atoms with E-state index in [1.807, 2.05) is 0 Å². The fourth-order valence-corrected chi connectivity index (χ4v) is 1.93. The van der Waals surface area contributed by atoms with Crippen molar-refractivity contribution in [2.45, 2.75) is 0 Å². The van der Waals surface area contributed by atoms with Crippen molar-refractivity contribution in [2.75, 3.05) is 11.9 Å². The van der Waals surface area contributed by atoms with E-state index in [0.29, 0.717) is 0 Å². The van der Waals surface area contributed by atoms with Crippen molar-refractivity contribution in [3.63, 3.8) is 0 Å². The number of halogens is 1. The van der Waals surface area contributed by atoms with Gasteiger partial charge in [-0.3, -0.25) is 25.0 Å². The van der Waals surface area contributed by atoms with E-state index in [9.17, 15) is 29.4 Å². The molecular formula is C15H9FN4O6. The van der Waals surface area contributed by atoms with Gasteiger partial charge >= 0.3 is 5.69 Å². The largest absolute Gasteiger partial charge is 0.477 e. The van der Waals surface area contributed by atoms with Crippen molar-refractivity contribution in [1.29, 1.82) is 5.26 Å². The van der Waals surface area contributed by atoms with Gasteiger partial charge in [-0.1, -0.05) is 0 Å². The van der Waals surface area contributed by atoms with Gasteiger partial charge in [0.2, 0.25) is 5.75 Å². The van der Waals surface area contributed by atoms with Gasteiger partial charge in [0, 0.05) is 24.3 Å². The molecule has 0 radical (unpaired) electrons. The Bertz CT molecular complexity index is 940. The van der Waals surface area contributed by atoms with Crippen LogP contribution in [0.2, 0.25) is 0 Å². The maximum absolute atomic E-state index is 13.2. The number of rotatable bonds is 6. The molecule has 0 saturated heterocycles. The predicted molar refractivity (Wildman–Crippen MR) is 85.0 cm³/mol. The molecule has 1 N–H and O–H groups in total. The summed E-state index contributed by atoms with van der Waals surface area (Å²) in [5.74, 6) is -2.02. The van der Waals surface area contributed by atoms with Crippen LogP contribution >= 0.6 is 0 Å². The van der Waals surface area contributed by atoms with Gasteiger partial charge < -0.3 is 10.1 Å². The summed E-state index contributed by atoms with van der Waals surface area (Å²) in [6.07, 6.45) is 0. The van der Waals surface area contributed by atoms with E-state index in [1.54, 1.807) is 6.07 Å². The first kappa shape index (κ1) is 18.3. The Labute approximate surface area is 144 Å². The molecule has 10 nitrogen and oxygen atoms in total. The van der Waals surface area contributed by atoms with Gasteiger partial charge in [-0.25, -0.2) is 4.39 Å². The highest BCUT2D eigenvalue weighted by Gasteiger charge is 2.18. The molecule has 0 bridgehead atoms. The van der Waals surface area contributed by atoms with Gasteiger partial charge in [0.15, 0.2) is 6.61 Å². The molecule has 2 rings (SSSR count). The zero-order chi connectivity index (χ0) is 19.3. The minimum absolute atomic E-state index is 0.000409. The number of anilines is 1. The van der Waals surface area contributed by atoms with Crippen LogP contribution in [0.25, 0.3) is 0 Å². The number of nitrogens with zero attached hydrogens (tertiary/aromatic N) is 3. The third kappa shape index (κ3) is 4.26. The molecule has 0 atom stereocenters. The van der Waals surface area contributed by atoms with Crippen LogP contribution in [0.5, 0.6) is 5.75 Å². The van der Waals surface area contributed by atoms with Crippen LogP contribution in [-0.2, 0) is 4.79 Å². The van der Waals surface area contributed by atoms with E-state index < -0.39 is 39.6 Å². The molecule has 0 fully saturated rings. The molecule has 0 unspecified atom stereocenters. The summed E-state index contributed by atoms with van der Waals surface area (Å²) in [5, 5.41) is 32.8. The van der Waals surface area contributed by atoms with Crippen LogP contribution in [0.3, 0.4) is 0 Å². The van der Waals surface area contributed by atoms with Crippen molar-refractivity contribution < 1.29 is 23.8 Å².